The Morgan fingerprint density at radius 1 is 1.69 bits per heavy atom. The molecule has 2 heterocycles. The molecule has 1 aromatic heterocycles. The number of hydrogen-bond acceptors (Lipinski definition) is 7. The monoisotopic (exact) mass is 223 g/mol. The van der Waals surface area contributed by atoms with Gasteiger partial charge in [-0.25, -0.2) is 10.4 Å². The van der Waals surface area contributed by atoms with E-state index in [9.17, 15) is 10.1 Å². The van der Waals surface area contributed by atoms with Crippen molar-refractivity contribution in [1.82, 2.24) is 10.7 Å². The molecular weight excluding hydrogens is 214 g/mol. The van der Waals surface area contributed by atoms with Crippen molar-refractivity contribution in [2.45, 2.75) is 0 Å². The van der Waals surface area contributed by atoms with Gasteiger partial charge in [-0.15, -0.1) is 0 Å². The Hall–Kier alpha value is -2.38. The second-order valence-corrected chi connectivity index (χ2v) is 2.96. The van der Waals surface area contributed by atoms with E-state index in [-0.39, 0.29) is 5.88 Å². The molecule has 0 saturated heterocycles. The first-order valence-corrected chi connectivity index (χ1v) is 4.57. The lowest BCUT2D eigenvalue weighted by atomic mass is 10.5. The van der Waals surface area contributed by atoms with E-state index in [1.54, 1.807) is 0 Å². The highest BCUT2D eigenvalue weighted by atomic mass is 16.6. The number of hydrazone groups is 1. The lowest BCUT2D eigenvalue weighted by molar-refractivity contribution is -0.402. The van der Waals surface area contributed by atoms with E-state index >= 15 is 0 Å². The quantitative estimate of drug-likeness (QED) is 0.428. The minimum Gasteiger partial charge on any atom is -0.400 e. The Bertz CT molecular complexity index is 450. The standard InChI is InChI=1S/C8H9N5O3/c14-13(15)7-2-1-6(16-7)5-11-12-8-9-3-4-10-8/h1-2,5H,3-4H2,(H2,9,10,12)/b11-5+. The first kappa shape index (κ1) is 10.1. The smallest absolute Gasteiger partial charge is 0.400 e. The average molecular weight is 223 g/mol. The van der Waals surface area contributed by atoms with Crippen molar-refractivity contribution in [3.8, 4) is 0 Å². The third kappa shape index (κ3) is 2.35. The van der Waals surface area contributed by atoms with Gasteiger partial charge in [-0.3, -0.25) is 10.1 Å². The normalized spacial score (nSPS) is 14.9. The second-order valence-electron chi connectivity index (χ2n) is 2.96. The Kier molecular flexibility index (Phi) is 2.81. The van der Waals surface area contributed by atoms with E-state index < -0.39 is 4.92 Å². The molecule has 1 aromatic rings. The molecule has 0 radical (unpaired) electrons. The van der Waals surface area contributed by atoms with E-state index in [1.165, 1.54) is 18.3 Å². The lowest BCUT2D eigenvalue weighted by Crippen LogP contribution is -2.30. The van der Waals surface area contributed by atoms with Crippen molar-refractivity contribution in [2.24, 2.45) is 10.1 Å². The molecule has 0 fully saturated rings. The van der Waals surface area contributed by atoms with Crippen molar-refractivity contribution < 1.29 is 9.34 Å². The van der Waals surface area contributed by atoms with Gasteiger partial charge in [0, 0.05) is 6.54 Å². The van der Waals surface area contributed by atoms with Crippen molar-refractivity contribution in [2.75, 3.05) is 13.1 Å². The molecule has 0 bridgehead atoms. The van der Waals surface area contributed by atoms with Crippen molar-refractivity contribution in [3.63, 3.8) is 0 Å². The number of hydrogen-bond donors (Lipinski definition) is 2. The highest BCUT2D eigenvalue weighted by Gasteiger charge is 2.10. The van der Waals surface area contributed by atoms with Gasteiger partial charge in [0.2, 0.25) is 5.96 Å². The molecule has 0 unspecified atom stereocenters. The molecule has 2 rings (SSSR count). The maximum absolute atomic E-state index is 10.3. The number of furan rings is 1. The fraction of sp³-hybridized carbons (Fsp3) is 0.250. The van der Waals surface area contributed by atoms with Gasteiger partial charge in [0.1, 0.15) is 4.92 Å². The van der Waals surface area contributed by atoms with Gasteiger partial charge >= 0.3 is 5.88 Å². The summed E-state index contributed by atoms with van der Waals surface area (Å²) in [6.07, 6.45) is 1.34. The number of nitrogens with one attached hydrogen (secondary N) is 2. The van der Waals surface area contributed by atoms with Crippen LogP contribution in [0.25, 0.3) is 0 Å². The fourth-order valence-corrected chi connectivity index (χ4v) is 1.14. The number of nitro groups is 1. The van der Waals surface area contributed by atoms with E-state index in [0.717, 1.165) is 6.54 Å². The SMILES string of the molecule is O=[N+]([O-])c1ccc(/C=N/NC2=NCCN2)o1. The van der Waals surface area contributed by atoms with Crippen LogP contribution in [0.1, 0.15) is 5.76 Å². The zero-order chi connectivity index (χ0) is 11.4. The topological polar surface area (TPSA) is 105 Å². The second kappa shape index (κ2) is 4.43. The Balaban J connectivity index is 1.92. The molecule has 1 aliphatic heterocycles. The third-order valence-electron chi connectivity index (χ3n) is 1.83. The summed E-state index contributed by atoms with van der Waals surface area (Å²) in [5.41, 5.74) is 2.65. The molecular formula is C8H9N5O3. The Labute approximate surface area is 90.2 Å². The van der Waals surface area contributed by atoms with Gasteiger partial charge in [0.05, 0.1) is 18.8 Å². The highest BCUT2D eigenvalue weighted by molar-refractivity contribution is 5.83. The van der Waals surface area contributed by atoms with Gasteiger partial charge in [0.15, 0.2) is 5.76 Å². The van der Waals surface area contributed by atoms with E-state index in [4.69, 9.17) is 4.42 Å². The summed E-state index contributed by atoms with van der Waals surface area (Å²) >= 11 is 0. The first-order chi connectivity index (χ1) is 7.75. The molecule has 0 atom stereocenters. The van der Waals surface area contributed by atoms with Crippen LogP contribution in [0, 0.1) is 10.1 Å². The summed E-state index contributed by atoms with van der Waals surface area (Å²) in [6.45, 7) is 1.49. The molecule has 0 aliphatic carbocycles. The number of aliphatic imine (C=N–C) groups is 1. The summed E-state index contributed by atoms with van der Waals surface area (Å²) in [5.74, 6) is 0.577. The molecule has 1 aliphatic rings. The van der Waals surface area contributed by atoms with E-state index in [2.05, 4.69) is 20.8 Å². The molecule has 8 heteroatoms. The van der Waals surface area contributed by atoms with Crippen LogP contribution in [-0.4, -0.2) is 30.2 Å². The number of guanidine groups is 1. The van der Waals surface area contributed by atoms with Gasteiger partial charge in [0.25, 0.3) is 0 Å². The Morgan fingerprint density at radius 2 is 2.56 bits per heavy atom. The predicted octanol–water partition coefficient (Wildman–Crippen LogP) is 0.0705. The summed E-state index contributed by atoms with van der Waals surface area (Å²) in [5, 5.41) is 17.1. The molecule has 84 valence electrons. The predicted molar refractivity (Wildman–Crippen MR) is 56.4 cm³/mol. The summed E-state index contributed by atoms with van der Waals surface area (Å²) in [6, 6.07) is 2.74. The number of rotatable bonds is 3. The fourth-order valence-electron chi connectivity index (χ4n) is 1.14. The van der Waals surface area contributed by atoms with Crippen LogP contribution in [0.15, 0.2) is 26.6 Å². The van der Waals surface area contributed by atoms with Crippen LogP contribution in [-0.2, 0) is 0 Å². The third-order valence-corrected chi connectivity index (χ3v) is 1.83. The van der Waals surface area contributed by atoms with Gasteiger partial charge in [-0.2, -0.15) is 5.10 Å². The van der Waals surface area contributed by atoms with Crippen molar-refractivity contribution in [3.05, 3.63) is 28.0 Å². The molecule has 2 N–H and O–H groups in total. The molecule has 0 amide bonds. The van der Waals surface area contributed by atoms with Crippen LogP contribution in [0.4, 0.5) is 5.88 Å². The average Bonchev–Trinajstić information content (AvgIpc) is 2.87. The maximum Gasteiger partial charge on any atom is 0.433 e. The lowest BCUT2D eigenvalue weighted by Gasteiger charge is -1.97. The molecule has 16 heavy (non-hydrogen) atoms. The summed E-state index contributed by atoms with van der Waals surface area (Å²) in [7, 11) is 0. The highest BCUT2D eigenvalue weighted by Crippen LogP contribution is 2.13. The maximum atomic E-state index is 10.3. The Morgan fingerprint density at radius 3 is 3.19 bits per heavy atom. The molecule has 0 aromatic carbocycles. The zero-order valence-corrected chi connectivity index (χ0v) is 8.21. The van der Waals surface area contributed by atoms with Crippen molar-refractivity contribution in [1.29, 1.82) is 0 Å². The molecule has 0 saturated carbocycles. The largest absolute Gasteiger partial charge is 0.433 e. The number of nitrogens with zero attached hydrogens (tertiary/aromatic N) is 3. The minimum absolute atomic E-state index is 0.304. The zero-order valence-electron chi connectivity index (χ0n) is 8.21. The van der Waals surface area contributed by atoms with Crippen molar-refractivity contribution >= 4 is 18.1 Å². The summed E-state index contributed by atoms with van der Waals surface area (Å²) in [4.78, 5) is 13.8. The minimum atomic E-state index is -0.604. The summed E-state index contributed by atoms with van der Waals surface area (Å²) < 4.78 is 4.86. The van der Waals surface area contributed by atoms with Gasteiger partial charge in [-0.05, 0) is 6.07 Å². The van der Waals surface area contributed by atoms with E-state index in [0.29, 0.717) is 18.3 Å². The van der Waals surface area contributed by atoms with Crippen LogP contribution in [0.5, 0.6) is 0 Å². The first-order valence-electron chi connectivity index (χ1n) is 4.57. The van der Waals surface area contributed by atoms with E-state index in [1.807, 2.05) is 0 Å². The van der Waals surface area contributed by atoms with Gasteiger partial charge in [-0.1, -0.05) is 0 Å². The molecule has 8 nitrogen and oxygen atoms in total. The van der Waals surface area contributed by atoms with Crippen LogP contribution in [0.3, 0.4) is 0 Å². The van der Waals surface area contributed by atoms with Gasteiger partial charge < -0.3 is 9.73 Å². The molecule has 0 spiro atoms. The van der Waals surface area contributed by atoms with Crippen LogP contribution >= 0.6 is 0 Å². The van der Waals surface area contributed by atoms with Crippen LogP contribution in [0.2, 0.25) is 0 Å². The van der Waals surface area contributed by atoms with Crippen LogP contribution < -0.4 is 10.7 Å².